The van der Waals surface area contributed by atoms with E-state index in [-0.39, 0.29) is 4.90 Å². The highest BCUT2D eigenvalue weighted by Crippen LogP contribution is 2.53. The van der Waals surface area contributed by atoms with Gasteiger partial charge < -0.3 is 33.0 Å². The van der Waals surface area contributed by atoms with E-state index >= 15 is 0 Å². The van der Waals surface area contributed by atoms with E-state index in [2.05, 4.69) is 107 Å². The zero-order valence-electron chi connectivity index (χ0n) is 39.5. The maximum Gasteiger partial charge on any atom is 0.250 e. The van der Waals surface area contributed by atoms with Crippen molar-refractivity contribution in [2.24, 2.45) is 0 Å². The van der Waals surface area contributed by atoms with Crippen molar-refractivity contribution in [1.82, 2.24) is 0 Å². The first kappa shape index (κ1) is 50.3. The number of hydrogen-bond donors (Lipinski definition) is 0. The topological polar surface area (TPSA) is 113 Å². The molecule has 0 heterocycles. The van der Waals surface area contributed by atoms with Crippen LogP contribution in [0, 0.1) is 6.92 Å². The predicted molar refractivity (Wildman–Crippen MR) is 243 cm³/mol. The van der Waals surface area contributed by atoms with Crippen LogP contribution in [0.4, 0.5) is 0 Å². The van der Waals surface area contributed by atoms with Gasteiger partial charge in [0.15, 0.2) is 27.9 Å². The van der Waals surface area contributed by atoms with Crippen LogP contribution in [0.2, 0.25) is 0 Å². The SMILES string of the molecule is CC(C)(C)Oc1cc(OC(C)(C)C)c([S+](c2ccccc2)c2c(OC(C)(C)C)cc(OC(C)(C)C)cc2OC(C)(C)C)c(OC(C)(C)C)c1.Cc1ccc(S(=O)(=O)[O-])cc1. The quantitative estimate of drug-likeness (QED) is 0.114. The van der Waals surface area contributed by atoms with Crippen LogP contribution in [0.25, 0.3) is 0 Å². The molecule has 0 aromatic heterocycles. The molecule has 0 bridgehead atoms. The van der Waals surface area contributed by atoms with Crippen LogP contribution in [0.1, 0.15) is 130 Å². The van der Waals surface area contributed by atoms with Gasteiger partial charge in [-0.05, 0) is 156 Å². The highest BCUT2D eigenvalue weighted by Gasteiger charge is 2.45. The molecule has 4 rings (SSSR count). The largest absolute Gasteiger partial charge is 0.744 e. The van der Waals surface area contributed by atoms with Gasteiger partial charge in [0.2, 0.25) is 0 Å². The second kappa shape index (κ2) is 18.5. The maximum atomic E-state index is 10.4. The highest BCUT2D eigenvalue weighted by molar-refractivity contribution is 7.97. The lowest BCUT2D eigenvalue weighted by molar-refractivity contribution is 0.105. The summed E-state index contributed by atoms with van der Waals surface area (Å²) >= 11 is 0. The summed E-state index contributed by atoms with van der Waals surface area (Å²) in [5, 5.41) is 0. The highest BCUT2D eigenvalue weighted by atomic mass is 32.2. The van der Waals surface area contributed by atoms with Gasteiger partial charge in [0.1, 0.15) is 66.1 Å². The Balaban J connectivity index is 0.000000753. The van der Waals surface area contributed by atoms with Crippen LogP contribution in [-0.4, -0.2) is 46.6 Å². The molecule has 0 fully saturated rings. The van der Waals surface area contributed by atoms with Crippen molar-refractivity contribution in [3.8, 4) is 34.5 Å². The van der Waals surface area contributed by atoms with Gasteiger partial charge in [-0.1, -0.05) is 35.9 Å². The molecule has 60 heavy (non-hydrogen) atoms. The number of hydrogen-bond acceptors (Lipinski definition) is 9. The Hall–Kier alpha value is -4.06. The Morgan fingerprint density at radius 3 is 0.967 bits per heavy atom. The Morgan fingerprint density at radius 1 is 0.433 bits per heavy atom. The van der Waals surface area contributed by atoms with E-state index in [1.54, 1.807) is 12.1 Å². The molecule has 4 aromatic carbocycles. The fourth-order valence-corrected chi connectivity index (χ4v) is 8.34. The number of ether oxygens (including phenoxy) is 6. The van der Waals surface area contributed by atoms with E-state index in [1.807, 2.05) is 78.8 Å². The third kappa shape index (κ3) is 17.1. The summed E-state index contributed by atoms with van der Waals surface area (Å²) in [7, 11) is -5.14. The molecule has 0 amide bonds. The molecular formula is C49H70O9S2. The van der Waals surface area contributed by atoms with Crippen LogP contribution in [0.5, 0.6) is 34.5 Å². The Bertz CT molecular complexity index is 1960. The van der Waals surface area contributed by atoms with Gasteiger partial charge in [0.05, 0.1) is 4.90 Å². The lowest BCUT2D eigenvalue weighted by Gasteiger charge is -2.31. The first-order chi connectivity index (χ1) is 27.0. The maximum absolute atomic E-state index is 10.4. The van der Waals surface area contributed by atoms with Crippen molar-refractivity contribution in [2.45, 2.75) is 185 Å². The van der Waals surface area contributed by atoms with Crippen LogP contribution in [0.15, 0.2) is 98.4 Å². The van der Waals surface area contributed by atoms with Gasteiger partial charge in [-0.3, -0.25) is 0 Å². The molecule has 0 unspecified atom stereocenters. The normalized spacial score (nSPS) is 12.9. The average Bonchev–Trinajstić information content (AvgIpc) is 2.99. The molecule has 0 atom stereocenters. The third-order valence-corrected chi connectivity index (χ3v) is 10.4. The van der Waals surface area contributed by atoms with E-state index in [1.165, 1.54) is 12.1 Å². The fourth-order valence-electron chi connectivity index (χ4n) is 5.55. The molecule has 0 saturated carbocycles. The molecule has 0 aliphatic carbocycles. The lowest BCUT2D eigenvalue weighted by Crippen LogP contribution is -2.29. The standard InChI is InChI=1S/C42H63O6S.C7H8O3S/c1-37(2,3)43-28-24-31(45-39(7,8)9)35(32(25-28)46-40(10,11)12)49(30-22-20-19-21-23-30)36-33(47-41(13,14)15)26-29(44-38(4,5)6)27-34(36)48-42(16,17)18;1-6-2-4-7(5-3-6)11(8,9)10/h19-27H,1-18H3;2-5H,1H3,(H,8,9,10)/q+1;/p-1. The molecule has 11 heteroatoms. The molecule has 0 aliphatic heterocycles. The number of aryl methyl sites for hydroxylation is 1. The smallest absolute Gasteiger partial charge is 0.250 e. The Morgan fingerprint density at radius 2 is 0.717 bits per heavy atom. The van der Waals surface area contributed by atoms with Gasteiger partial charge in [0.25, 0.3) is 9.79 Å². The number of rotatable bonds is 10. The molecule has 0 N–H and O–H groups in total. The lowest BCUT2D eigenvalue weighted by atomic mass is 10.1. The van der Waals surface area contributed by atoms with E-state index in [4.69, 9.17) is 28.4 Å². The summed E-state index contributed by atoms with van der Waals surface area (Å²) in [6, 6.07) is 24.2. The zero-order chi connectivity index (χ0) is 45.9. The van der Waals surface area contributed by atoms with Crippen molar-refractivity contribution >= 4 is 21.0 Å². The average molecular weight is 867 g/mol. The van der Waals surface area contributed by atoms with E-state index in [0.717, 1.165) is 20.2 Å². The van der Waals surface area contributed by atoms with E-state index in [9.17, 15) is 13.0 Å². The summed E-state index contributed by atoms with van der Waals surface area (Å²) in [4.78, 5) is 2.62. The first-order valence-corrected chi connectivity index (χ1v) is 22.9. The third-order valence-electron chi connectivity index (χ3n) is 7.20. The van der Waals surface area contributed by atoms with Gasteiger partial charge >= 0.3 is 0 Å². The van der Waals surface area contributed by atoms with Gasteiger partial charge in [-0.25, -0.2) is 8.42 Å². The molecular weight excluding hydrogens is 797 g/mol. The second-order valence-electron chi connectivity index (χ2n) is 20.7. The monoisotopic (exact) mass is 866 g/mol. The summed E-state index contributed by atoms with van der Waals surface area (Å²) < 4.78 is 71.6. The van der Waals surface area contributed by atoms with Crippen molar-refractivity contribution in [2.75, 3.05) is 0 Å². The van der Waals surface area contributed by atoms with Crippen LogP contribution < -0.4 is 28.4 Å². The van der Waals surface area contributed by atoms with Gasteiger partial charge in [-0.2, -0.15) is 0 Å². The van der Waals surface area contributed by atoms with Crippen LogP contribution >= 0.6 is 0 Å². The number of benzene rings is 4. The summed E-state index contributed by atoms with van der Waals surface area (Å²) in [5.41, 5.74) is -2.06. The van der Waals surface area contributed by atoms with E-state index in [0.29, 0.717) is 34.5 Å². The molecule has 0 radical (unpaired) electrons. The van der Waals surface area contributed by atoms with E-state index < -0.39 is 54.6 Å². The molecule has 4 aromatic rings. The molecule has 332 valence electrons. The van der Waals surface area contributed by atoms with Crippen molar-refractivity contribution in [3.05, 3.63) is 84.4 Å². The van der Waals surface area contributed by atoms with Crippen molar-refractivity contribution < 1.29 is 41.4 Å². The zero-order valence-corrected chi connectivity index (χ0v) is 41.1. The van der Waals surface area contributed by atoms with Crippen LogP contribution in [0.3, 0.4) is 0 Å². The summed E-state index contributed by atoms with van der Waals surface area (Å²) in [6.45, 7) is 38.7. The Labute approximate surface area is 364 Å². The van der Waals surface area contributed by atoms with Crippen molar-refractivity contribution in [1.29, 1.82) is 0 Å². The van der Waals surface area contributed by atoms with Gasteiger partial charge in [-0.15, -0.1) is 0 Å². The molecule has 0 saturated heterocycles. The predicted octanol–water partition coefficient (Wildman–Crippen LogP) is 12.7. The first-order valence-electron chi connectivity index (χ1n) is 20.3. The minimum atomic E-state index is -4.27. The second-order valence-corrected chi connectivity index (χ2v) is 24.0. The Kier molecular flexibility index (Phi) is 15.5. The molecule has 0 aliphatic rings. The van der Waals surface area contributed by atoms with Gasteiger partial charge in [0, 0.05) is 24.3 Å². The molecule has 0 spiro atoms. The minimum absolute atomic E-state index is 0.178. The van der Waals surface area contributed by atoms with Crippen LogP contribution in [-0.2, 0) is 21.0 Å². The van der Waals surface area contributed by atoms with Crippen molar-refractivity contribution in [3.63, 3.8) is 0 Å². The minimum Gasteiger partial charge on any atom is -0.744 e. The summed E-state index contributed by atoms with van der Waals surface area (Å²) in [6.07, 6.45) is 0. The fraction of sp³-hybridized carbons (Fsp3) is 0.510. The summed E-state index contributed by atoms with van der Waals surface area (Å²) in [5.74, 6) is 3.99. The molecule has 9 nitrogen and oxygen atoms in total.